The number of hydrogen-bond donors (Lipinski definition) is 1. The van der Waals surface area contributed by atoms with Gasteiger partial charge in [-0.05, 0) is 26.2 Å². The lowest BCUT2D eigenvalue weighted by atomic mass is 10.1. The highest BCUT2D eigenvalue weighted by atomic mass is 16.5. The van der Waals surface area contributed by atoms with Crippen LogP contribution in [-0.2, 0) is 20.7 Å². The van der Waals surface area contributed by atoms with Crippen molar-refractivity contribution in [1.82, 2.24) is 14.9 Å². The van der Waals surface area contributed by atoms with Gasteiger partial charge in [-0.1, -0.05) is 6.92 Å². The van der Waals surface area contributed by atoms with E-state index in [0.29, 0.717) is 19.3 Å². The largest absolute Gasteiger partial charge is 0.483 e. The van der Waals surface area contributed by atoms with Gasteiger partial charge in [-0.2, -0.15) is 4.98 Å². The molecule has 0 aromatic carbocycles. The summed E-state index contributed by atoms with van der Waals surface area (Å²) in [7, 11) is 0. The highest BCUT2D eigenvalue weighted by Crippen LogP contribution is 2.30. The number of ether oxygens (including phenoxy) is 1. The van der Waals surface area contributed by atoms with Gasteiger partial charge in [-0.15, -0.1) is 0 Å². The van der Waals surface area contributed by atoms with Crippen LogP contribution in [0.5, 0.6) is 0 Å². The fourth-order valence-corrected chi connectivity index (χ4v) is 4.07. The minimum atomic E-state index is -0.250. The summed E-state index contributed by atoms with van der Waals surface area (Å²) in [6.07, 6.45) is 3.07. The molecule has 9 nitrogen and oxygen atoms in total. The number of piperazine rings is 1. The Kier molecular flexibility index (Phi) is 6.66. The summed E-state index contributed by atoms with van der Waals surface area (Å²) < 4.78 is 5.44. The van der Waals surface area contributed by atoms with Crippen molar-refractivity contribution in [2.45, 2.75) is 45.2 Å². The second-order valence-electron chi connectivity index (χ2n) is 7.23. The van der Waals surface area contributed by atoms with E-state index in [-0.39, 0.29) is 18.4 Å². The highest BCUT2D eigenvalue weighted by Gasteiger charge is 2.41. The van der Waals surface area contributed by atoms with Crippen LogP contribution < -0.4 is 9.80 Å². The molecule has 9 heteroatoms. The van der Waals surface area contributed by atoms with E-state index in [1.807, 2.05) is 6.92 Å². The van der Waals surface area contributed by atoms with Gasteiger partial charge in [0.15, 0.2) is 0 Å². The van der Waals surface area contributed by atoms with E-state index in [1.54, 1.807) is 0 Å². The Morgan fingerprint density at radius 3 is 2.64 bits per heavy atom. The second kappa shape index (κ2) is 9.18. The minimum Gasteiger partial charge on any atom is -0.483 e. The monoisotopic (exact) mass is 391 g/mol. The molecular formula is C19H29N5O4. The van der Waals surface area contributed by atoms with Crippen LogP contribution in [0, 0.1) is 0 Å². The predicted octanol–water partition coefficient (Wildman–Crippen LogP) is 0.776. The van der Waals surface area contributed by atoms with Crippen LogP contribution in [0.15, 0.2) is 6.07 Å². The highest BCUT2D eigenvalue weighted by molar-refractivity contribution is 5.86. The lowest BCUT2D eigenvalue weighted by Gasteiger charge is -2.42. The molecule has 1 aromatic heterocycles. The molecule has 0 bridgehead atoms. The number of carboxylic acid groups (broad SMARTS) is 1. The van der Waals surface area contributed by atoms with E-state index in [4.69, 9.17) is 24.6 Å². The van der Waals surface area contributed by atoms with Crippen molar-refractivity contribution in [3.8, 4) is 0 Å². The molecule has 0 radical (unpaired) electrons. The molecule has 3 aliphatic rings. The number of nitrogens with zero attached hydrogens (tertiary/aromatic N) is 5. The van der Waals surface area contributed by atoms with Crippen LogP contribution >= 0.6 is 0 Å². The summed E-state index contributed by atoms with van der Waals surface area (Å²) in [6.45, 7) is 8.70. The van der Waals surface area contributed by atoms with E-state index in [2.05, 4.69) is 27.7 Å². The molecule has 28 heavy (non-hydrogen) atoms. The maximum Gasteiger partial charge on any atom is 0.290 e. The van der Waals surface area contributed by atoms with Gasteiger partial charge in [0.2, 0.25) is 11.9 Å². The van der Waals surface area contributed by atoms with Gasteiger partial charge in [0, 0.05) is 44.0 Å². The summed E-state index contributed by atoms with van der Waals surface area (Å²) in [5, 5.41) is 6.89. The second-order valence-corrected chi connectivity index (χ2v) is 7.23. The van der Waals surface area contributed by atoms with Crippen LogP contribution in [0.2, 0.25) is 0 Å². The Bertz CT molecular complexity index is 695. The Balaban J connectivity index is 0.000000706. The standard InChI is InChI=1S/C18H27N5O2.CH2O2/c1-3-14-11-16(20-18(19-14)21-7-9-25-10-8-21)23-12-15-5-4-6-22(15)17(24)13(23)2;2-1-3/h11,13,15H,3-10,12H2,1-2H3;1H,(H,2,3)/t13-,15+;/m1./s1. The molecule has 1 N–H and O–H groups in total. The normalized spacial score (nSPS) is 24.5. The molecule has 1 amide bonds. The molecule has 3 saturated heterocycles. The van der Waals surface area contributed by atoms with Gasteiger partial charge in [0.25, 0.3) is 6.47 Å². The molecule has 2 atom stereocenters. The van der Waals surface area contributed by atoms with Gasteiger partial charge in [-0.3, -0.25) is 9.59 Å². The number of anilines is 2. The summed E-state index contributed by atoms with van der Waals surface area (Å²) in [5.74, 6) is 1.89. The average molecular weight is 391 g/mol. The topological polar surface area (TPSA) is 99.1 Å². The van der Waals surface area contributed by atoms with Crippen LogP contribution in [0.4, 0.5) is 11.8 Å². The summed E-state index contributed by atoms with van der Waals surface area (Å²) in [4.78, 5) is 37.1. The number of amides is 1. The fourth-order valence-electron chi connectivity index (χ4n) is 4.07. The number of hydrogen-bond acceptors (Lipinski definition) is 7. The smallest absolute Gasteiger partial charge is 0.290 e. The zero-order chi connectivity index (χ0) is 20.1. The molecule has 0 spiro atoms. The number of morpholine rings is 1. The minimum absolute atomic E-state index is 0.161. The summed E-state index contributed by atoms with van der Waals surface area (Å²) >= 11 is 0. The fraction of sp³-hybridized carbons (Fsp3) is 0.684. The van der Waals surface area contributed by atoms with Gasteiger partial charge in [-0.25, -0.2) is 4.98 Å². The maximum atomic E-state index is 12.7. The molecule has 4 rings (SSSR count). The summed E-state index contributed by atoms with van der Waals surface area (Å²) in [5.41, 5.74) is 1.03. The third-order valence-electron chi connectivity index (χ3n) is 5.60. The number of carbonyl (C=O) groups excluding carboxylic acids is 1. The van der Waals surface area contributed by atoms with E-state index < -0.39 is 0 Å². The van der Waals surface area contributed by atoms with Gasteiger partial charge in [0.05, 0.1) is 13.2 Å². The first-order chi connectivity index (χ1) is 13.6. The zero-order valence-corrected chi connectivity index (χ0v) is 16.6. The quantitative estimate of drug-likeness (QED) is 0.755. The van der Waals surface area contributed by atoms with Crippen molar-refractivity contribution in [1.29, 1.82) is 0 Å². The third-order valence-corrected chi connectivity index (χ3v) is 5.60. The molecule has 0 saturated carbocycles. The molecule has 4 heterocycles. The first-order valence-corrected chi connectivity index (χ1v) is 9.94. The van der Waals surface area contributed by atoms with E-state index >= 15 is 0 Å². The van der Waals surface area contributed by atoms with Gasteiger partial charge < -0.3 is 24.5 Å². The molecule has 0 aliphatic carbocycles. The average Bonchev–Trinajstić information content (AvgIpc) is 3.20. The molecular weight excluding hydrogens is 362 g/mol. The molecule has 0 unspecified atom stereocenters. The van der Waals surface area contributed by atoms with E-state index in [0.717, 1.165) is 62.9 Å². The molecule has 1 aromatic rings. The Labute approximate surface area is 165 Å². The number of fused-ring (bicyclic) bond motifs is 1. The molecule has 154 valence electrons. The third kappa shape index (κ3) is 4.19. The van der Waals surface area contributed by atoms with Crippen molar-refractivity contribution >= 4 is 24.1 Å². The van der Waals surface area contributed by atoms with Crippen LogP contribution in [0.1, 0.15) is 32.4 Å². The predicted molar refractivity (Wildman–Crippen MR) is 105 cm³/mol. The van der Waals surface area contributed by atoms with Crippen molar-refractivity contribution in [2.24, 2.45) is 0 Å². The molecule has 3 fully saturated rings. The molecule has 3 aliphatic heterocycles. The van der Waals surface area contributed by atoms with E-state index in [1.165, 1.54) is 0 Å². The van der Waals surface area contributed by atoms with Crippen molar-refractivity contribution in [2.75, 3.05) is 49.2 Å². The zero-order valence-electron chi connectivity index (χ0n) is 16.6. The Morgan fingerprint density at radius 1 is 1.25 bits per heavy atom. The van der Waals surface area contributed by atoms with Crippen LogP contribution in [0.3, 0.4) is 0 Å². The summed E-state index contributed by atoms with van der Waals surface area (Å²) in [6, 6.07) is 2.22. The maximum absolute atomic E-state index is 12.7. The van der Waals surface area contributed by atoms with Gasteiger partial charge in [0.1, 0.15) is 11.9 Å². The van der Waals surface area contributed by atoms with E-state index in [9.17, 15) is 4.79 Å². The first-order valence-electron chi connectivity index (χ1n) is 9.94. The first kappa shape index (κ1) is 20.3. The van der Waals surface area contributed by atoms with Crippen LogP contribution in [0.25, 0.3) is 0 Å². The van der Waals surface area contributed by atoms with Crippen LogP contribution in [-0.4, -0.2) is 83.8 Å². The Morgan fingerprint density at radius 2 is 1.96 bits per heavy atom. The number of rotatable bonds is 3. The van der Waals surface area contributed by atoms with Crippen molar-refractivity contribution < 1.29 is 19.4 Å². The SMILES string of the molecule is CCc1cc(N2C[C@@H]3CCCN3C(=O)[C@H]2C)nc(N2CCOCC2)n1.O=CO. The lowest BCUT2D eigenvalue weighted by molar-refractivity contribution is -0.135. The van der Waals surface area contributed by atoms with Crippen molar-refractivity contribution in [3.05, 3.63) is 11.8 Å². The Hall–Kier alpha value is -2.42. The lowest BCUT2D eigenvalue weighted by Crippen LogP contribution is -2.59. The number of carbonyl (C=O) groups is 2. The van der Waals surface area contributed by atoms with Gasteiger partial charge >= 0.3 is 0 Å². The number of aromatic nitrogens is 2. The van der Waals surface area contributed by atoms with Crippen molar-refractivity contribution in [3.63, 3.8) is 0 Å². The number of aryl methyl sites for hydroxylation is 1.